The summed E-state index contributed by atoms with van der Waals surface area (Å²) in [7, 11) is 0. The summed E-state index contributed by atoms with van der Waals surface area (Å²) < 4.78 is 0. The van der Waals surface area contributed by atoms with Crippen LogP contribution in [0.5, 0.6) is 0 Å². The molecule has 0 unspecified atom stereocenters. The van der Waals surface area contributed by atoms with E-state index in [-0.39, 0.29) is 17.0 Å². The van der Waals surface area contributed by atoms with E-state index in [4.69, 9.17) is 5.73 Å². The Kier molecular flexibility index (Phi) is 4.93. The Hall–Kier alpha value is -2.36. The van der Waals surface area contributed by atoms with Crippen molar-refractivity contribution >= 4 is 17.2 Å². The van der Waals surface area contributed by atoms with Gasteiger partial charge in [-0.15, -0.1) is 11.3 Å². The van der Waals surface area contributed by atoms with E-state index in [1.54, 1.807) is 13.0 Å². The monoisotopic (exact) mass is 301 g/mol. The summed E-state index contributed by atoms with van der Waals surface area (Å²) in [6.07, 6.45) is 0. The summed E-state index contributed by atoms with van der Waals surface area (Å²) in [5.74, 6) is 5.31. The molecule has 1 amide bonds. The van der Waals surface area contributed by atoms with Crippen molar-refractivity contribution < 1.29 is 4.79 Å². The number of aryl methyl sites for hydroxylation is 1. The standard InChI is InChI=1S/C15H15N3O2S/c1-10-4-5-13(15(20)18-10)14(19)17-8-12-7-11(9-21-12)3-2-6-16/h4-5,7,9H,6,8,16H2,1H3,(H,17,19)(H,18,20). The Morgan fingerprint density at radius 3 is 3.00 bits per heavy atom. The molecule has 0 radical (unpaired) electrons. The maximum absolute atomic E-state index is 12.0. The number of thiophene rings is 1. The molecule has 2 aromatic heterocycles. The number of aromatic nitrogens is 1. The minimum atomic E-state index is -0.390. The Morgan fingerprint density at radius 2 is 2.29 bits per heavy atom. The van der Waals surface area contributed by atoms with Crippen molar-refractivity contribution in [1.82, 2.24) is 10.3 Å². The number of nitrogens with one attached hydrogen (secondary N) is 2. The molecular formula is C15H15N3O2S. The van der Waals surface area contributed by atoms with Crippen LogP contribution in [0.2, 0.25) is 0 Å². The highest BCUT2D eigenvalue weighted by molar-refractivity contribution is 7.10. The first-order chi connectivity index (χ1) is 10.1. The zero-order chi connectivity index (χ0) is 15.2. The van der Waals surface area contributed by atoms with Crippen molar-refractivity contribution in [2.24, 2.45) is 5.73 Å². The first kappa shape index (κ1) is 15.0. The van der Waals surface area contributed by atoms with E-state index < -0.39 is 0 Å². The van der Waals surface area contributed by atoms with Crippen LogP contribution in [-0.2, 0) is 6.54 Å². The normalized spacial score (nSPS) is 9.81. The highest BCUT2D eigenvalue weighted by atomic mass is 32.1. The van der Waals surface area contributed by atoms with E-state index in [9.17, 15) is 9.59 Å². The van der Waals surface area contributed by atoms with Gasteiger partial charge in [-0.1, -0.05) is 11.8 Å². The predicted molar refractivity (Wildman–Crippen MR) is 83.2 cm³/mol. The van der Waals surface area contributed by atoms with Crippen LogP contribution in [0.25, 0.3) is 0 Å². The van der Waals surface area contributed by atoms with E-state index >= 15 is 0 Å². The van der Waals surface area contributed by atoms with Crippen LogP contribution in [0, 0.1) is 18.8 Å². The Morgan fingerprint density at radius 1 is 1.48 bits per heavy atom. The number of hydrogen-bond donors (Lipinski definition) is 3. The average Bonchev–Trinajstić information content (AvgIpc) is 2.90. The molecule has 6 heteroatoms. The fourth-order valence-electron chi connectivity index (χ4n) is 1.71. The number of pyridine rings is 1. The second-order valence-electron chi connectivity index (χ2n) is 4.37. The zero-order valence-electron chi connectivity index (χ0n) is 11.5. The molecule has 2 rings (SSSR count). The van der Waals surface area contributed by atoms with Gasteiger partial charge in [0.1, 0.15) is 5.56 Å². The molecule has 0 saturated heterocycles. The topological polar surface area (TPSA) is 88.0 Å². The maximum atomic E-state index is 12.0. The number of amides is 1. The largest absolute Gasteiger partial charge is 0.347 e. The number of carbonyl (C=O) groups is 1. The maximum Gasteiger partial charge on any atom is 0.260 e. The lowest BCUT2D eigenvalue weighted by Gasteiger charge is -2.03. The molecular weight excluding hydrogens is 286 g/mol. The fraction of sp³-hybridized carbons (Fsp3) is 0.200. The molecule has 5 nitrogen and oxygen atoms in total. The third-order valence-corrected chi connectivity index (χ3v) is 3.65. The number of aromatic amines is 1. The smallest absolute Gasteiger partial charge is 0.260 e. The number of nitrogens with two attached hydrogens (primary N) is 1. The second kappa shape index (κ2) is 6.88. The Balaban J connectivity index is 2.01. The third kappa shape index (κ3) is 4.05. The lowest BCUT2D eigenvalue weighted by atomic mass is 10.2. The third-order valence-electron chi connectivity index (χ3n) is 2.71. The molecule has 0 atom stereocenters. The summed E-state index contributed by atoms with van der Waals surface area (Å²) in [5.41, 5.74) is 6.64. The van der Waals surface area contributed by atoms with Gasteiger partial charge in [0.05, 0.1) is 13.1 Å². The molecule has 4 N–H and O–H groups in total. The molecule has 0 aliphatic heterocycles. The molecule has 2 aromatic rings. The summed E-state index contributed by atoms with van der Waals surface area (Å²) in [6.45, 7) is 2.44. The number of H-pyrrole nitrogens is 1. The second-order valence-corrected chi connectivity index (χ2v) is 5.37. The molecule has 0 aliphatic rings. The van der Waals surface area contributed by atoms with Gasteiger partial charge < -0.3 is 16.0 Å². The van der Waals surface area contributed by atoms with Crippen LogP contribution in [0.15, 0.2) is 28.4 Å². The highest BCUT2D eigenvalue weighted by Crippen LogP contribution is 2.13. The van der Waals surface area contributed by atoms with Crippen molar-refractivity contribution in [1.29, 1.82) is 0 Å². The van der Waals surface area contributed by atoms with Crippen LogP contribution in [0.4, 0.5) is 0 Å². The van der Waals surface area contributed by atoms with E-state index in [2.05, 4.69) is 22.1 Å². The molecule has 2 heterocycles. The number of rotatable bonds is 3. The van der Waals surface area contributed by atoms with Crippen molar-refractivity contribution in [3.63, 3.8) is 0 Å². The van der Waals surface area contributed by atoms with Gasteiger partial charge >= 0.3 is 0 Å². The van der Waals surface area contributed by atoms with Gasteiger partial charge in [0.2, 0.25) is 0 Å². The van der Waals surface area contributed by atoms with Gasteiger partial charge in [-0.05, 0) is 25.1 Å². The van der Waals surface area contributed by atoms with Crippen LogP contribution in [-0.4, -0.2) is 17.4 Å². The molecule has 0 saturated carbocycles. The van der Waals surface area contributed by atoms with Gasteiger partial charge in [0.15, 0.2) is 0 Å². The van der Waals surface area contributed by atoms with Crippen molar-refractivity contribution in [2.45, 2.75) is 13.5 Å². The molecule has 0 spiro atoms. The van der Waals surface area contributed by atoms with E-state index in [1.165, 1.54) is 17.4 Å². The summed E-state index contributed by atoms with van der Waals surface area (Å²) >= 11 is 1.50. The highest BCUT2D eigenvalue weighted by Gasteiger charge is 2.10. The molecule has 0 aliphatic carbocycles. The Bertz CT molecular complexity index is 765. The van der Waals surface area contributed by atoms with Gasteiger partial charge in [-0.25, -0.2) is 0 Å². The lowest BCUT2D eigenvalue weighted by molar-refractivity contribution is 0.0950. The molecule has 21 heavy (non-hydrogen) atoms. The number of hydrogen-bond acceptors (Lipinski definition) is 4. The lowest BCUT2D eigenvalue weighted by Crippen LogP contribution is -2.29. The van der Waals surface area contributed by atoms with Crippen LogP contribution in [0.1, 0.15) is 26.5 Å². The van der Waals surface area contributed by atoms with Gasteiger partial charge in [-0.3, -0.25) is 9.59 Å². The van der Waals surface area contributed by atoms with Crippen LogP contribution in [0.3, 0.4) is 0 Å². The van der Waals surface area contributed by atoms with E-state index in [0.29, 0.717) is 13.1 Å². The fourth-order valence-corrected chi connectivity index (χ4v) is 2.46. The molecule has 0 fully saturated rings. The Labute approximate surface area is 126 Å². The van der Waals surface area contributed by atoms with Crippen molar-refractivity contribution in [3.8, 4) is 11.8 Å². The first-order valence-corrected chi connectivity index (χ1v) is 7.22. The van der Waals surface area contributed by atoms with Gasteiger partial charge in [0.25, 0.3) is 11.5 Å². The SMILES string of the molecule is Cc1ccc(C(=O)NCc2cc(C#CCN)cs2)c(=O)[nH]1. The first-order valence-electron chi connectivity index (χ1n) is 6.34. The van der Waals surface area contributed by atoms with Crippen LogP contribution >= 0.6 is 11.3 Å². The van der Waals surface area contributed by atoms with E-state index in [1.807, 2.05) is 11.4 Å². The summed E-state index contributed by atoms with van der Waals surface area (Å²) in [6, 6.07) is 5.12. The molecule has 0 bridgehead atoms. The number of carbonyl (C=O) groups excluding carboxylic acids is 1. The van der Waals surface area contributed by atoms with E-state index in [0.717, 1.165) is 16.1 Å². The minimum absolute atomic E-state index is 0.111. The van der Waals surface area contributed by atoms with Gasteiger partial charge in [0, 0.05) is 21.5 Å². The predicted octanol–water partition coefficient (Wildman–Crippen LogP) is 0.985. The minimum Gasteiger partial charge on any atom is -0.347 e. The van der Waals surface area contributed by atoms with Crippen LogP contribution < -0.4 is 16.6 Å². The van der Waals surface area contributed by atoms with Gasteiger partial charge in [-0.2, -0.15) is 0 Å². The van der Waals surface area contributed by atoms with Crippen molar-refractivity contribution in [2.75, 3.05) is 6.54 Å². The molecule has 0 aromatic carbocycles. The molecule has 108 valence electrons. The quantitative estimate of drug-likeness (QED) is 0.739. The zero-order valence-corrected chi connectivity index (χ0v) is 12.3. The summed E-state index contributed by atoms with van der Waals surface area (Å²) in [5, 5.41) is 4.63. The average molecular weight is 301 g/mol. The van der Waals surface area contributed by atoms with Crippen molar-refractivity contribution in [3.05, 3.63) is 55.6 Å². The summed E-state index contributed by atoms with van der Waals surface area (Å²) in [4.78, 5) is 27.2.